The molecule has 1 unspecified atom stereocenters. The van der Waals surface area contributed by atoms with E-state index < -0.39 is 17.0 Å². The Hall–Kier alpha value is -1.06. The SMILES string of the molecule is CC1(C(=O)O)OC(=O)C12CC2. The van der Waals surface area contributed by atoms with Crippen molar-refractivity contribution in [2.75, 3.05) is 0 Å². The van der Waals surface area contributed by atoms with Crippen molar-refractivity contribution < 1.29 is 19.4 Å². The third-order valence-electron chi connectivity index (χ3n) is 2.76. The lowest BCUT2D eigenvalue weighted by atomic mass is 9.80. The molecule has 2 aliphatic rings. The third kappa shape index (κ3) is 0.480. The zero-order valence-corrected chi connectivity index (χ0v) is 6.09. The maximum absolute atomic E-state index is 10.8. The lowest BCUT2D eigenvalue weighted by molar-refractivity contribution is -0.224. The minimum absolute atomic E-state index is 0.345. The van der Waals surface area contributed by atoms with E-state index in [1.54, 1.807) is 0 Å². The van der Waals surface area contributed by atoms with Crippen molar-refractivity contribution in [3.63, 3.8) is 0 Å². The number of esters is 1. The highest BCUT2D eigenvalue weighted by atomic mass is 16.6. The van der Waals surface area contributed by atoms with Gasteiger partial charge in [0.05, 0.1) is 0 Å². The van der Waals surface area contributed by atoms with Gasteiger partial charge in [-0.05, 0) is 19.8 Å². The van der Waals surface area contributed by atoms with E-state index in [1.807, 2.05) is 0 Å². The number of cyclic esters (lactones) is 1. The van der Waals surface area contributed by atoms with E-state index in [0.717, 1.165) is 0 Å². The molecule has 1 aliphatic carbocycles. The Kier molecular flexibility index (Phi) is 0.855. The van der Waals surface area contributed by atoms with Gasteiger partial charge in [0, 0.05) is 0 Å². The lowest BCUT2D eigenvalue weighted by Gasteiger charge is -2.42. The topological polar surface area (TPSA) is 63.6 Å². The van der Waals surface area contributed by atoms with E-state index >= 15 is 0 Å². The summed E-state index contributed by atoms with van der Waals surface area (Å²) in [6.45, 7) is 1.46. The maximum Gasteiger partial charge on any atom is 0.349 e. The summed E-state index contributed by atoms with van der Waals surface area (Å²) in [7, 11) is 0. The second kappa shape index (κ2) is 1.42. The number of carbonyl (C=O) groups is 2. The van der Waals surface area contributed by atoms with Crippen LogP contribution in [0.2, 0.25) is 0 Å². The molecule has 60 valence electrons. The molecule has 11 heavy (non-hydrogen) atoms. The monoisotopic (exact) mass is 156 g/mol. The van der Waals surface area contributed by atoms with Gasteiger partial charge in [-0.2, -0.15) is 0 Å². The van der Waals surface area contributed by atoms with Gasteiger partial charge in [-0.1, -0.05) is 0 Å². The maximum atomic E-state index is 10.8. The van der Waals surface area contributed by atoms with Crippen molar-refractivity contribution in [1.29, 1.82) is 0 Å². The standard InChI is InChI=1S/C7H8O4/c1-6(4(8)9)7(2-3-7)5(10)11-6/h2-3H2,1H3,(H,8,9). The van der Waals surface area contributed by atoms with Crippen LogP contribution in [0.4, 0.5) is 0 Å². The first-order valence-electron chi connectivity index (χ1n) is 3.50. The van der Waals surface area contributed by atoms with E-state index in [4.69, 9.17) is 5.11 Å². The van der Waals surface area contributed by atoms with E-state index in [-0.39, 0.29) is 5.97 Å². The second-order valence-electron chi connectivity index (χ2n) is 3.31. The highest BCUT2D eigenvalue weighted by molar-refractivity contribution is 5.99. The van der Waals surface area contributed by atoms with Crippen LogP contribution >= 0.6 is 0 Å². The summed E-state index contributed by atoms with van der Waals surface area (Å²) in [5.41, 5.74) is -1.89. The van der Waals surface area contributed by atoms with Crippen molar-refractivity contribution in [3.8, 4) is 0 Å². The molecule has 0 amide bonds. The van der Waals surface area contributed by atoms with Gasteiger partial charge in [-0.25, -0.2) is 4.79 Å². The number of ether oxygens (including phenoxy) is 1. The largest absolute Gasteiger partial charge is 0.478 e. The first-order valence-corrected chi connectivity index (χ1v) is 3.50. The molecule has 1 aliphatic heterocycles. The summed E-state index contributed by atoms with van der Waals surface area (Å²) < 4.78 is 4.63. The smallest absolute Gasteiger partial charge is 0.349 e. The minimum Gasteiger partial charge on any atom is -0.478 e. The number of carbonyl (C=O) groups excluding carboxylic acids is 1. The average Bonchev–Trinajstić information content (AvgIpc) is 2.66. The number of hydrogen-bond donors (Lipinski definition) is 1. The molecule has 1 heterocycles. The number of hydrogen-bond acceptors (Lipinski definition) is 3. The lowest BCUT2D eigenvalue weighted by Crippen LogP contribution is -2.62. The number of rotatable bonds is 1. The Morgan fingerprint density at radius 1 is 1.64 bits per heavy atom. The quantitative estimate of drug-likeness (QED) is 0.549. The van der Waals surface area contributed by atoms with Crippen LogP contribution in [0.25, 0.3) is 0 Å². The van der Waals surface area contributed by atoms with Crippen LogP contribution in [-0.2, 0) is 14.3 Å². The molecule has 2 rings (SSSR count). The van der Waals surface area contributed by atoms with Gasteiger partial charge in [0.2, 0.25) is 5.60 Å². The van der Waals surface area contributed by atoms with E-state index in [0.29, 0.717) is 12.8 Å². The van der Waals surface area contributed by atoms with E-state index in [9.17, 15) is 9.59 Å². The third-order valence-corrected chi connectivity index (χ3v) is 2.76. The van der Waals surface area contributed by atoms with Gasteiger partial charge < -0.3 is 9.84 Å². The Morgan fingerprint density at radius 3 is 2.36 bits per heavy atom. The van der Waals surface area contributed by atoms with Crippen molar-refractivity contribution in [2.45, 2.75) is 25.4 Å². The predicted octanol–water partition coefficient (Wildman–Crippen LogP) is 0.167. The Balaban J connectivity index is 2.32. The first-order chi connectivity index (χ1) is 5.03. The second-order valence-corrected chi connectivity index (χ2v) is 3.31. The molecular weight excluding hydrogens is 148 g/mol. The molecular formula is C7H8O4. The highest BCUT2D eigenvalue weighted by Gasteiger charge is 2.77. The highest BCUT2D eigenvalue weighted by Crippen LogP contribution is 2.63. The fourth-order valence-corrected chi connectivity index (χ4v) is 1.58. The van der Waals surface area contributed by atoms with Gasteiger partial charge in [0.1, 0.15) is 5.41 Å². The molecule has 1 saturated carbocycles. The van der Waals surface area contributed by atoms with Crippen molar-refractivity contribution in [3.05, 3.63) is 0 Å². The number of carboxylic acids is 1. The number of aliphatic carboxylic acids is 1. The van der Waals surface area contributed by atoms with Crippen LogP contribution in [-0.4, -0.2) is 22.6 Å². The molecule has 0 bridgehead atoms. The van der Waals surface area contributed by atoms with Crippen LogP contribution in [0.1, 0.15) is 19.8 Å². The Bertz CT molecular complexity index is 253. The molecule has 1 saturated heterocycles. The van der Waals surface area contributed by atoms with Crippen LogP contribution in [0.3, 0.4) is 0 Å². The summed E-state index contributed by atoms with van der Waals surface area (Å²) in [5.74, 6) is -1.38. The average molecular weight is 156 g/mol. The van der Waals surface area contributed by atoms with Crippen molar-refractivity contribution >= 4 is 11.9 Å². The zero-order valence-electron chi connectivity index (χ0n) is 6.09. The van der Waals surface area contributed by atoms with Gasteiger partial charge in [0.25, 0.3) is 0 Å². The Morgan fingerprint density at radius 2 is 2.18 bits per heavy atom. The molecule has 1 N–H and O–H groups in total. The molecule has 1 spiro atoms. The molecule has 1 atom stereocenters. The van der Waals surface area contributed by atoms with Crippen LogP contribution < -0.4 is 0 Å². The summed E-state index contributed by atoms with van der Waals surface area (Å²) in [4.78, 5) is 21.5. The zero-order chi connectivity index (χ0) is 8.28. The van der Waals surface area contributed by atoms with Crippen molar-refractivity contribution in [2.24, 2.45) is 5.41 Å². The van der Waals surface area contributed by atoms with Gasteiger partial charge >= 0.3 is 11.9 Å². The predicted molar refractivity (Wildman–Crippen MR) is 33.8 cm³/mol. The van der Waals surface area contributed by atoms with Crippen LogP contribution in [0, 0.1) is 5.41 Å². The van der Waals surface area contributed by atoms with Gasteiger partial charge in [0.15, 0.2) is 0 Å². The number of carboxylic acid groups (broad SMARTS) is 1. The van der Waals surface area contributed by atoms with Crippen molar-refractivity contribution in [1.82, 2.24) is 0 Å². The molecule has 0 aromatic heterocycles. The van der Waals surface area contributed by atoms with Crippen LogP contribution in [0.15, 0.2) is 0 Å². The molecule has 4 nitrogen and oxygen atoms in total. The Labute approximate surface area is 63.1 Å². The first kappa shape index (κ1) is 6.64. The molecule has 4 heteroatoms. The summed E-state index contributed by atoms with van der Waals surface area (Å²) in [6, 6.07) is 0. The van der Waals surface area contributed by atoms with E-state index in [2.05, 4.69) is 4.74 Å². The van der Waals surface area contributed by atoms with Crippen LogP contribution in [0.5, 0.6) is 0 Å². The molecule has 0 aromatic rings. The fraction of sp³-hybridized carbons (Fsp3) is 0.714. The summed E-state index contributed by atoms with van der Waals surface area (Å²) in [5, 5.41) is 8.71. The van der Waals surface area contributed by atoms with Gasteiger partial charge in [-0.3, -0.25) is 4.79 Å². The molecule has 0 radical (unpaired) electrons. The molecule has 0 aromatic carbocycles. The molecule has 2 fully saturated rings. The minimum atomic E-state index is -1.23. The summed E-state index contributed by atoms with van der Waals surface area (Å²) >= 11 is 0. The fourth-order valence-electron chi connectivity index (χ4n) is 1.58. The normalized spacial score (nSPS) is 37.7. The van der Waals surface area contributed by atoms with E-state index in [1.165, 1.54) is 6.92 Å². The van der Waals surface area contributed by atoms with Gasteiger partial charge in [-0.15, -0.1) is 0 Å². The summed E-state index contributed by atoms with van der Waals surface area (Å²) in [6.07, 6.45) is 1.32.